The average molecular weight is 248 g/mol. The summed E-state index contributed by atoms with van der Waals surface area (Å²) < 4.78 is 26.8. The van der Waals surface area contributed by atoms with E-state index in [9.17, 15) is 9.13 Å². The molecule has 0 saturated carbocycles. The normalized spacial score (nSPS) is 12.3. The molecule has 0 saturated heterocycles. The fourth-order valence-electron chi connectivity index (χ4n) is 0.161. The molecule has 0 amide bonds. The van der Waals surface area contributed by atoms with Gasteiger partial charge in [-0.2, -0.15) is 0 Å². The second-order valence-electron chi connectivity index (χ2n) is 1.36. The van der Waals surface area contributed by atoms with Gasteiger partial charge in [-0.05, 0) is 0 Å². The molecule has 4 N–H and O–H groups in total. The van der Waals surface area contributed by atoms with E-state index < -0.39 is 22.4 Å². The summed E-state index contributed by atoms with van der Waals surface area (Å²) in [5.74, 6) is 0. The number of hydrogen-bond acceptors (Lipinski definition) is 4. The largest absolute Gasteiger partial charge is 1.00 e. The Morgan fingerprint density at radius 1 is 1.00 bits per heavy atom. The van der Waals surface area contributed by atoms with Crippen LogP contribution in [0.15, 0.2) is 0 Å². The maximum atomic E-state index is 9.86. The van der Waals surface area contributed by atoms with E-state index in [2.05, 4.69) is 9.05 Å². The Labute approximate surface area is 112 Å². The molecule has 0 aromatic heterocycles. The van der Waals surface area contributed by atoms with Gasteiger partial charge in [0, 0.05) is 0 Å². The van der Waals surface area contributed by atoms with Gasteiger partial charge >= 0.3 is 67.0 Å². The van der Waals surface area contributed by atoms with Gasteiger partial charge < -0.3 is 21.0 Å². The third-order valence-corrected chi connectivity index (χ3v) is 1.33. The predicted molar refractivity (Wildman–Crippen MR) is 32.2 cm³/mol. The Hall–Kier alpha value is 1.86. The fraction of sp³-hybridized carbons (Fsp3) is 1.00. The second kappa shape index (κ2) is 6.36. The van der Waals surface area contributed by atoms with Gasteiger partial charge in [0.1, 0.15) is 0 Å². The zero-order valence-corrected chi connectivity index (χ0v) is 10.9. The van der Waals surface area contributed by atoms with Crippen LogP contribution in [0.3, 0.4) is 0 Å². The van der Waals surface area contributed by atoms with Crippen LogP contribution in [0.4, 0.5) is 0 Å². The van der Waals surface area contributed by atoms with E-state index in [1.165, 1.54) is 0 Å². The van der Waals surface area contributed by atoms with Crippen LogP contribution in [0.5, 0.6) is 0 Å². The van der Waals surface area contributed by atoms with Gasteiger partial charge in [-0.3, -0.25) is 9.05 Å². The van der Waals surface area contributed by atoms with Crippen molar-refractivity contribution in [2.45, 2.75) is 0 Å². The number of rotatable bonds is 4. The maximum absolute atomic E-state index is 9.86. The number of phosphoric acid groups is 2. The molecule has 11 heteroatoms. The molecule has 0 aliphatic heterocycles. The van der Waals surface area contributed by atoms with Gasteiger partial charge in [0.2, 0.25) is 0 Å². The summed E-state index contributed by atoms with van der Waals surface area (Å²) in [5, 5.41) is 0. The summed E-state index contributed by atoms with van der Waals surface area (Å²) in [5.41, 5.74) is 0. The van der Waals surface area contributed by atoms with E-state index in [1.807, 2.05) is 0 Å². The van der Waals surface area contributed by atoms with E-state index in [0.717, 1.165) is 0 Å². The summed E-state index contributed by atoms with van der Waals surface area (Å²) in [4.78, 5) is 31.9. The van der Waals surface area contributed by atoms with Crippen molar-refractivity contribution in [1.82, 2.24) is 0 Å². The molecule has 0 bridgehead atoms. The Morgan fingerprint density at radius 3 is 1.42 bits per heavy atom. The van der Waals surface area contributed by atoms with Crippen LogP contribution >= 0.6 is 15.6 Å². The van der Waals surface area contributed by atoms with Crippen molar-refractivity contribution in [2.75, 3.05) is 6.79 Å². The summed E-state index contributed by atoms with van der Waals surface area (Å²) in [6.07, 6.45) is 0. The van der Waals surface area contributed by atoms with Gasteiger partial charge in [0.05, 0.1) is 0 Å². The van der Waals surface area contributed by atoms with Crippen molar-refractivity contribution in [3.63, 3.8) is 0 Å². The first-order chi connectivity index (χ1) is 4.71. The Bertz CT molecular complexity index is 184. The van der Waals surface area contributed by atoms with Gasteiger partial charge in [-0.15, -0.1) is 0 Å². The topological polar surface area (TPSA) is 134 Å². The quantitative estimate of drug-likeness (QED) is 0.227. The molecule has 8 nitrogen and oxygen atoms in total. The molecule has 0 radical (unpaired) electrons. The number of phosphoric ester groups is 2. The third kappa shape index (κ3) is 14.4. The third-order valence-electron chi connectivity index (χ3n) is 0.442. The Kier molecular flexibility index (Phi) is 8.64. The Morgan fingerprint density at radius 2 is 1.25 bits per heavy atom. The molecule has 0 unspecified atom stereocenters. The zero-order chi connectivity index (χ0) is 9.12. The molecule has 0 aromatic carbocycles. The minimum Gasteiger partial charge on any atom is -1.00 e. The predicted octanol–water partition coefficient (Wildman–Crippen LogP) is -3.72. The van der Waals surface area contributed by atoms with Crippen LogP contribution in [-0.4, -0.2) is 26.4 Å². The van der Waals surface area contributed by atoms with Crippen LogP contribution in [0.1, 0.15) is 1.43 Å². The van der Waals surface area contributed by atoms with E-state index >= 15 is 0 Å². The van der Waals surface area contributed by atoms with Crippen LogP contribution in [0.25, 0.3) is 0 Å². The Balaban J connectivity index is -0.000000500. The standard InChI is InChI=1S/CH6O8P2.K.H/c2-10(3,4)8-1-9-11(5,6)7;;/h1H2,(H2,2,3,4)(H2,5,6,7);;/q;+1;-1. The van der Waals surface area contributed by atoms with Crippen molar-refractivity contribution in [3.05, 3.63) is 0 Å². The first kappa shape index (κ1) is 16.3. The number of hydrogen-bond donors (Lipinski definition) is 4. The zero-order valence-electron chi connectivity index (χ0n) is 7.02. The molecule has 0 aliphatic rings. The first-order valence-electron chi connectivity index (χ1n) is 2.11. The fourth-order valence-corrected chi connectivity index (χ4v) is 0.624. The van der Waals surface area contributed by atoms with E-state index in [-0.39, 0.29) is 52.8 Å². The van der Waals surface area contributed by atoms with Gasteiger partial charge in [-0.1, -0.05) is 0 Å². The van der Waals surface area contributed by atoms with Crippen molar-refractivity contribution in [1.29, 1.82) is 0 Å². The van der Waals surface area contributed by atoms with Gasteiger partial charge in [0.25, 0.3) is 0 Å². The first-order valence-corrected chi connectivity index (χ1v) is 5.17. The van der Waals surface area contributed by atoms with E-state index in [4.69, 9.17) is 19.6 Å². The summed E-state index contributed by atoms with van der Waals surface area (Å²) in [6, 6.07) is 0. The van der Waals surface area contributed by atoms with Crippen LogP contribution in [0.2, 0.25) is 0 Å². The second-order valence-corrected chi connectivity index (χ2v) is 3.84. The molecule has 0 aromatic rings. The minimum atomic E-state index is -4.72. The molecule has 0 spiro atoms. The van der Waals surface area contributed by atoms with E-state index in [0.29, 0.717) is 0 Å². The van der Waals surface area contributed by atoms with Crippen LogP contribution in [0, 0.1) is 0 Å². The monoisotopic (exact) mass is 248 g/mol. The van der Waals surface area contributed by atoms with Crippen molar-refractivity contribution in [3.8, 4) is 0 Å². The summed E-state index contributed by atoms with van der Waals surface area (Å²) in [7, 11) is -9.44. The minimum absolute atomic E-state index is 0. The molecular formula is CH7KO8P2. The average Bonchev–Trinajstić information content (AvgIpc) is 1.55. The van der Waals surface area contributed by atoms with Crippen LogP contribution in [-0.2, 0) is 18.2 Å². The van der Waals surface area contributed by atoms with Crippen molar-refractivity contribution in [2.24, 2.45) is 0 Å². The molecule has 0 rings (SSSR count). The van der Waals surface area contributed by atoms with E-state index in [1.54, 1.807) is 0 Å². The summed E-state index contributed by atoms with van der Waals surface area (Å²) >= 11 is 0. The van der Waals surface area contributed by atoms with Gasteiger partial charge in [-0.25, -0.2) is 9.13 Å². The molecule has 0 aliphatic carbocycles. The van der Waals surface area contributed by atoms with Crippen molar-refractivity contribution < 1.29 is 90.6 Å². The maximum Gasteiger partial charge on any atom is 1.00 e. The molecule has 0 fully saturated rings. The molecular weight excluding hydrogens is 241 g/mol. The van der Waals surface area contributed by atoms with Crippen molar-refractivity contribution >= 4 is 15.6 Å². The smallest absolute Gasteiger partial charge is 1.00 e. The molecule has 0 atom stereocenters. The SMILES string of the molecule is O=P(O)(O)OCOP(=O)(O)O.[H-].[K+]. The van der Waals surface area contributed by atoms with Gasteiger partial charge in [0.15, 0.2) is 6.79 Å². The molecule has 0 heterocycles. The summed E-state index contributed by atoms with van der Waals surface area (Å²) in [6.45, 7) is -1.16. The van der Waals surface area contributed by atoms with Crippen LogP contribution < -0.4 is 51.4 Å². The molecule has 70 valence electrons. The molecule has 12 heavy (non-hydrogen) atoms.